The van der Waals surface area contributed by atoms with Crippen LogP contribution in [0.3, 0.4) is 0 Å². The van der Waals surface area contributed by atoms with E-state index in [1.165, 1.54) is 70.6 Å². The van der Waals surface area contributed by atoms with Crippen LogP contribution < -0.4 is 0 Å². The number of aliphatic hydroxyl groups excluding tert-OH is 1. The molecule has 0 bridgehead atoms. The van der Waals surface area contributed by atoms with E-state index in [2.05, 4.69) is 20.8 Å². The molecule has 0 heterocycles. The molecule has 5 unspecified atom stereocenters. The summed E-state index contributed by atoms with van der Waals surface area (Å²) in [6.07, 6.45) is 18.2. The van der Waals surface area contributed by atoms with E-state index in [1.807, 2.05) is 0 Å². The molecule has 1 nitrogen and oxygen atoms in total. The van der Waals surface area contributed by atoms with Crippen molar-refractivity contribution in [1.29, 1.82) is 0 Å². The Kier molecular flexibility index (Phi) is 6.57. The Morgan fingerprint density at radius 3 is 2.19 bits per heavy atom. The summed E-state index contributed by atoms with van der Waals surface area (Å²) in [6.45, 7) is 7.37. The molecule has 0 aromatic carbocycles. The lowest BCUT2D eigenvalue weighted by molar-refractivity contribution is 0.0452. The zero-order valence-corrected chi connectivity index (χ0v) is 18.4. The van der Waals surface area contributed by atoms with E-state index in [9.17, 15) is 5.11 Å². The maximum Gasteiger partial charge on any atom is 0.0545 e. The third-order valence-corrected chi connectivity index (χ3v) is 9.82. The monoisotopic (exact) mass is 374 g/mol. The Bertz CT molecular complexity index is 467. The summed E-state index contributed by atoms with van der Waals surface area (Å²) in [5.74, 6) is 8.34. The van der Waals surface area contributed by atoms with Gasteiger partial charge in [0, 0.05) is 0 Å². The van der Waals surface area contributed by atoms with Gasteiger partial charge in [-0.25, -0.2) is 0 Å². The van der Waals surface area contributed by atoms with Gasteiger partial charge in [0.15, 0.2) is 0 Å². The standard InChI is InChI=1S/C26H46O/c1-17-12-25(21-6-4-5-7-21)24-11-10-22(26(24)13-17)16-23(27)15-20-9-8-18(2)19(3)14-20/h17-27H,4-16H2,1-3H3/t17-,18?,19?,20-,22?,23?,24+,25?,26+/m1/s1. The van der Waals surface area contributed by atoms with Crippen molar-refractivity contribution in [2.45, 2.75) is 110 Å². The topological polar surface area (TPSA) is 20.2 Å². The molecular weight excluding hydrogens is 328 g/mol. The maximum atomic E-state index is 10.9. The summed E-state index contributed by atoms with van der Waals surface area (Å²) in [4.78, 5) is 0. The molecule has 9 atom stereocenters. The van der Waals surface area contributed by atoms with E-state index in [0.717, 1.165) is 66.1 Å². The molecule has 1 N–H and O–H groups in total. The van der Waals surface area contributed by atoms with Crippen molar-refractivity contribution in [2.75, 3.05) is 0 Å². The van der Waals surface area contributed by atoms with Gasteiger partial charge in [0.05, 0.1) is 6.10 Å². The lowest BCUT2D eigenvalue weighted by Crippen LogP contribution is -2.35. The van der Waals surface area contributed by atoms with Gasteiger partial charge in [0.25, 0.3) is 0 Å². The molecule has 0 aromatic rings. The third-order valence-electron chi connectivity index (χ3n) is 9.82. The summed E-state index contributed by atoms with van der Waals surface area (Å²) in [6, 6.07) is 0. The van der Waals surface area contributed by atoms with Crippen LogP contribution in [0.5, 0.6) is 0 Å². The molecule has 4 saturated carbocycles. The molecule has 4 aliphatic carbocycles. The maximum absolute atomic E-state index is 10.9. The highest BCUT2D eigenvalue weighted by Crippen LogP contribution is 2.55. The molecular formula is C26H46O. The molecule has 4 fully saturated rings. The Labute approximate surface area is 169 Å². The van der Waals surface area contributed by atoms with E-state index >= 15 is 0 Å². The van der Waals surface area contributed by atoms with E-state index in [-0.39, 0.29) is 6.10 Å². The Morgan fingerprint density at radius 2 is 1.44 bits per heavy atom. The summed E-state index contributed by atoms with van der Waals surface area (Å²) >= 11 is 0. The van der Waals surface area contributed by atoms with Crippen LogP contribution in [-0.4, -0.2) is 11.2 Å². The first kappa shape index (κ1) is 20.2. The summed E-state index contributed by atoms with van der Waals surface area (Å²) < 4.78 is 0. The minimum Gasteiger partial charge on any atom is -0.393 e. The quantitative estimate of drug-likeness (QED) is 0.545. The van der Waals surface area contributed by atoms with Gasteiger partial charge in [-0.05, 0) is 98.2 Å². The first-order valence-electron chi connectivity index (χ1n) is 12.7. The van der Waals surface area contributed by atoms with E-state index < -0.39 is 0 Å². The van der Waals surface area contributed by atoms with Crippen LogP contribution in [0.4, 0.5) is 0 Å². The average molecular weight is 375 g/mol. The zero-order chi connectivity index (χ0) is 19.0. The van der Waals surface area contributed by atoms with Crippen molar-refractivity contribution in [3.63, 3.8) is 0 Å². The average Bonchev–Trinajstić information content (AvgIpc) is 3.28. The SMILES string of the molecule is CC1CC[C@@H](CC(O)CC2CC[C@H]3C(C4CCCC4)C[C@@H](C)C[C@@H]23)CC1C. The fourth-order valence-electron chi connectivity index (χ4n) is 8.21. The molecule has 1 heteroatoms. The number of fused-ring (bicyclic) bond motifs is 1. The van der Waals surface area contributed by atoms with Crippen molar-refractivity contribution in [3.05, 3.63) is 0 Å². The van der Waals surface area contributed by atoms with Crippen LogP contribution in [0.1, 0.15) is 104 Å². The van der Waals surface area contributed by atoms with Crippen LogP contribution in [0.15, 0.2) is 0 Å². The van der Waals surface area contributed by atoms with Gasteiger partial charge in [-0.2, -0.15) is 0 Å². The lowest BCUT2D eigenvalue weighted by atomic mass is 9.63. The first-order valence-corrected chi connectivity index (χ1v) is 12.7. The minimum atomic E-state index is -0.0264. The normalized spacial score (nSPS) is 47.1. The second-order valence-corrected chi connectivity index (χ2v) is 11.7. The predicted octanol–water partition coefficient (Wildman–Crippen LogP) is 7.08. The van der Waals surface area contributed by atoms with Gasteiger partial charge in [0.1, 0.15) is 0 Å². The molecule has 4 rings (SSSR count). The van der Waals surface area contributed by atoms with Gasteiger partial charge in [0.2, 0.25) is 0 Å². The number of rotatable bonds is 5. The Hall–Kier alpha value is -0.0400. The van der Waals surface area contributed by atoms with Crippen LogP contribution in [-0.2, 0) is 0 Å². The molecule has 4 aliphatic rings. The fraction of sp³-hybridized carbons (Fsp3) is 1.00. The molecule has 0 radical (unpaired) electrons. The number of hydrogen-bond acceptors (Lipinski definition) is 1. The van der Waals surface area contributed by atoms with Crippen LogP contribution in [0.2, 0.25) is 0 Å². The predicted molar refractivity (Wildman–Crippen MR) is 114 cm³/mol. The fourth-order valence-corrected chi connectivity index (χ4v) is 8.21. The highest BCUT2D eigenvalue weighted by atomic mass is 16.3. The van der Waals surface area contributed by atoms with Gasteiger partial charge < -0.3 is 5.11 Å². The lowest BCUT2D eigenvalue weighted by Gasteiger charge is -2.43. The van der Waals surface area contributed by atoms with E-state index in [1.54, 1.807) is 0 Å². The van der Waals surface area contributed by atoms with Gasteiger partial charge >= 0.3 is 0 Å². The summed E-state index contributed by atoms with van der Waals surface area (Å²) in [5, 5.41) is 10.9. The highest BCUT2D eigenvalue weighted by Gasteiger charge is 2.47. The van der Waals surface area contributed by atoms with Gasteiger partial charge in [-0.1, -0.05) is 59.3 Å². The molecule has 0 amide bonds. The molecule has 0 spiro atoms. The summed E-state index contributed by atoms with van der Waals surface area (Å²) in [7, 11) is 0. The van der Waals surface area contributed by atoms with E-state index in [4.69, 9.17) is 0 Å². The smallest absolute Gasteiger partial charge is 0.0545 e. The third kappa shape index (κ3) is 4.59. The number of aliphatic hydroxyl groups is 1. The molecule has 156 valence electrons. The molecule has 0 saturated heterocycles. The molecule has 0 aliphatic heterocycles. The second-order valence-electron chi connectivity index (χ2n) is 11.7. The molecule has 27 heavy (non-hydrogen) atoms. The van der Waals surface area contributed by atoms with Crippen molar-refractivity contribution in [3.8, 4) is 0 Å². The summed E-state index contributed by atoms with van der Waals surface area (Å²) in [5.41, 5.74) is 0. The van der Waals surface area contributed by atoms with Crippen LogP contribution in [0.25, 0.3) is 0 Å². The molecule has 0 aromatic heterocycles. The van der Waals surface area contributed by atoms with Crippen molar-refractivity contribution in [1.82, 2.24) is 0 Å². The Balaban J connectivity index is 1.31. The Morgan fingerprint density at radius 1 is 0.704 bits per heavy atom. The zero-order valence-electron chi connectivity index (χ0n) is 18.4. The highest BCUT2D eigenvalue weighted by molar-refractivity contribution is 4.97. The second kappa shape index (κ2) is 8.76. The van der Waals surface area contributed by atoms with Crippen LogP contribution >= 0.6 is 0 Å². The first-order chi connectivity index (χ1) is 13.0. The van der Waals surface area contributed by atoms with Gasteiger partial charge in [-0.3, -0.25) is 0 Å². The van der Waals surface area contributed by atoms with Crippen LogP contribution in [0, 0.1) is 53.3 Å². The van der Waals surface area contributed by atoms with Crippen molar-refractivity contribution in [2.24, 2.45) is 53.3 Å². The van der Waals surface area contributed by atoms with Crippen molar-refractivity contribution < 1.29 is 5.11 Å². The van der Waals surface area contributed by atoms with Crippen molar-refractivity contribution >= 4 is 0 Å². The largest absolute Gasteiger partial charge is 0.393 e. The number of hydrogen-bond donors (Lipinski definition) is 1. The van der Waals surface area contributed by atoms with E-state index in [0.29, 0.717) is 0 Å². The van der Waals surface area contributed by atoms with Gasteiger partial charge in [-0.15, -0.1) is 0 Å². The minimum absolute atomic E-state index is 0.0264.